The van der Waals surface area contributed by atoms with Gasteiger partial charge in [0, 0.05) is 13.1 Å². The average molecular weight is 306 g/mol. The minimum absolute atomic E-state index is 0.172. The van der Waals surface area contributed by atoms with E-state index in [0.29, 0.717) is 0 Å². The SMILES string of the molecule is COC(=O)NC(=S)Nc1ccccc1/N=C/N1CCCC1. The molecule has 1 aliphatic heterocycles. The fourth-order valence-corrected chi connectivity index (χ4v) is 2.18. The maximum atomic E-state index is 11.1. The van der Waals surface area contributed by atoms with Crippen molar-refractivity contribution in [2.75, 3.05) is 25.5 Å². The number of hydrogen-bond donors (Lipinski definition) is 2. The first kappa shape index (κ1) is 15.2. The molecule has 6 nitrogen and oxygen atoms in total. The number of benzene rings is 1. The summed E-state index contributed by atoms with van der Waals surface area (Å²) in [6.07, 6.45) is 3.66. The summed E-state index contributed by atoms with van der Waals surface area (Å²) in [6.45, 7) is 2.09. The zero-order valence-electron chi connectivity index (χ0n) is 11.8. The van der Waals surface area contributed by atoms with E-state index in [2.05, 4.69) is 25.3 Å². The number of carbonyl (C=O) groups excluding carboxylic acids is 1. The third kappa shape index (κ3) is 4.71. The monoisotopic (exact) mass is 306 g/mol. The lowest BCUT2D eigenvalue weighted by Gasteiger charge is -2.12. The summed E-state index contributed by atoms with van der Waals surface area (Å²) in [5.41, 5.74) is 1.49. The van der Waals surface area contributed by atoms with E-state index in [1.54, 1.807) is 0 Å². The van der Waals surface area contributed by atoms with Crippen molar-refractivity contribution in [2.24, 2.45) is 4.99 Å². The first-order valence-corrected chi connectivity index (χ1v) is 7.13. The van der Waals surface area contributed by atoms with Crippen LogP contribution >= 0.6 is 12.2 Å². The molecular weight excluding hydrogens is 288 g/mol. The summed E-state index contributed by atoms with van der Waals surface area (Å²) >= 11 is 5.04. The van der Waals surface area contributed by atoms with Gasteiger partial charge in [0.05, 0.1) is 24.8 Å². The second-order valence-electron chi connectivity index (χ2n) is 4.58. The molecule has 1 amide bonds. The van der Waals surface area contributed by atoms with Crippen LogP contribution in [0.1, 0.15) is 12.8 Å². The van der Waals surface area contributed by atoms with Crippen molar-refractivity contribution in [3.8, 4) is 0 Å². The smallest absolute Gasteiger partial charge is 0.413 e. The maximum Gasteiger partial charge on any atom is 0.413 e. The van der Waals surface area contributed by atoms with Gasteiger partial charge in [0.2, 0.25) is 0 Å². The van der Waals surface area contributed by atoms with Crippen LogP contribution in [0.4, 0.5) is 16.2 Å². The fraction of sp³-hybridized carbons (Fsp3) is 0.357. The molecule has 112 valence electrons. The minimum atomic E-state index is -0.606. The Balaban J connectivity index is 2.02. The van der Waals surface area contributed by atoms with Crippen LogP contribution in [0.15, 0.2) is 29.3 Å². The zero-order chi connectivity index (χ0) is 15.1. The van der Waals surface area contributed by atoms with Crippen LogP contribution in [0, 0.1) is 0 Å². The van der Waals surface area contributed by atoms with E-state index in [0.717, 1.165) is 24.5 Å². The van der Waals surface area contributed by atoms with Gasteiger partial charge in [-0.25, -0.2) is 9.79 Å². The van der Waals surface area contributed by atoms with Crippen LogP contribution in [-0.4, -0.2) is 42.6 Å². The second kappa shape index (κ2) is 7.58. The molecule has 21 heavy (non-hydrogen) atoms. The van der Waals surface area contributed by atoms with Crippen molar-refractivity contribution in [1.82, 2.24) is 10.2 Å². The molecule has 2 rings (SSSR count). The van der Waals surface area contributed by atoms with Gasteiger partial charge in [-0.2, -0.15) is 0 Å². The maximum absolute atomic E-state index is 11.1. The van der Waals surface area contributed by atoms with Gasteiger partial charge in [-0.3, -0.25) is 5.32 Å². The number of ether oxygens (including phenoxy) is 1. The molecule has 0 radical (unpaired) electrons. The number of likely N-dealkylation sites (tertiary alicyclic amines) is 1. The molecule has 0 unspecified atom stereocenters. The lowest BCUT2D eigenvalue weighted by molar-refractivity contribution is 0.177. The third-order valence-electron chi connectivity index (χ3n) is 3.05. The van der Waals surface area contributed by atoms with Crippen LogP contribution in [0.2, 0.25) is 0 Å². The molecule has 1 aliphatic rings. The van der Waals surface area contributed by atoms with Crippen molar-refractivity contribution in [2.45, 2.75) is 12.8 Å². The predicted molar refractivity (Wildman–Crippen MR) is 87.2 cm³/mol. The van der Waals surface area contributed by atoms with Gasteiger partial charge in [-0.1, -0.05) is 12.1 Å². The largest absolute Gasteiger partial charge is 0.453 e. The summed E-state index contributed by atoms with van der Waals surface area (Å²) in [5, 5.41) is 5.51. The molecule has 0 aliphatic carbocycles. The molecule has 2 N–H and O–H groups in total. The van der Waals surface area contributed by atoms with Crippen LogP contribution in [0.25, 0.3) is 0 Å². The fourth-order valence-electron chi connectivity index (χ4n) is 1.99. The summed E-state index contributed by atoms with van der Waals surface area (Å²) in [6, 6.07) is 7.51. The third-order valence-corrected chi connectivity index (χ3v) is 3.26. The van der Waals surface area contributed by atoms with Crippen molar-refractivity contribution in [1.29, 1.82) is 0 Å². The van der Waals surface area contributed by atoms with E-state index >= 15 is 0 Å². The molecule has 7 heteroatoms. The van der Waals surface area contributed by atoms with Crippen LogP contribution < -0.4 is 10.6 Å². The van der Waals surface area contributed by atoms with E-state index in [-0.39, 0.29) is 5.11 Å². The van der Waals surface area contributed by atoms with Gasteiger partial charge < -0.3 is 15.0 Å². The Bertz CT molecular complexity index is 542. The first-order chi connectivity index (χ1) is 10.2. The summed E-state index contributed by atoms with van der Waals surface area (Å²) in [4.78, 5) is 17.8. The lowest BCUT2D eigenvalue weighted by Crippen LogP contribution is -2.33. The molecule has 0 atom stereocenters. The molecule has 1 aromatic carbocycles. The number of rotatable bonds is 3. The highest BCUT2D eigenvalue weighted by molar-refractivity contribution is 7.80. The number of nitrogens with one attached hydrogen (secondary N) is 2. The predicted octanol–water partition coefficient (Wildman–Crippen LogP) is 2.50. The Kier molecular flexibility index (Phi) is 5.51. The Hall–Kier alpha value is -2.15. The number of anilines is 1. The molecule has 1 heterocycles. The van der Waals surface area contributed by atoms with E-state index in [1.165, 1.54) is 20.0 Å². The van der Waals surface area contributed by atoms with Gasteiger partial charge in [0.25, 0.3) is 0 Å². The Morgan fingerprint density at radius 1 is 1.38 bits per heavy atom. The van der Waals surface area contributed by atoms with Crippen molar-refractivity contribution >= 4 is 41.1 Å². The first-order valence-electron chi connectivity index (χ1n) is 6.72. The minimum Gasteiger partial charge on any atom is -0.453 e. The number of aliphatic imine (C=N–C) groups is 1. The standard InChI is InChI=1S/C14H18N4O2S/c1-20-14(19)17-13(21)16-12-7-3-2-6-11(12)15-10-18-8-4-5-9-18/h2-3,6-7,10H,4-5,8-9H2,1H3,(H2,16,17,19,21)/b15-10+. The highest BCUT2D eigenvalue weighted by Crippen LogP contribution is 2.24. The van der Waals surface area contributed by atoms with E-state index in [9.17, 15) is 4.79 Å². The van der Waals surface area contributed by atoms with Gasteiger partial charge in [0.1, 0.15) is 0 Å². The molecule has 0 aromatic heterocycles. The number of alkyl carbamates (subject to hydrolysis) is 1. The number of nitrogens with zero attached hydrogens (tertiary/aromatic N) is 2. The molecule has 0 spiro atoms. The number of amides is 1. The molecule has 0 bridgehead atoms. The van der Waals surface area contributed by atoms with E-state index in [1.807, 2.05) is 30.6 Å². The Morgan fingerprint density at radius 3 is 2.81 bits per heavy atom. The average Bonchev–Trinajstić information content (AvgIpc) is 2.99. The van der Waals surface area contributed by atoms with Crippen LogP contribution in [0.3, 0.4) is 0 Å². The zero-order valence-corrected chi connectivity index (χ0v) is 12.7. The topological polar surface area (TPSA) is 66.0 Å². The molecule has 1 fully saturated rings. The van der Waals surface area contributed by atoms with Gasteiger partial charge in [0.15, 0.2) is 5.11 Å². The molecule has 1 aromatic rings. The van der Waals surface area contributed by atoms with Crippen molar-refractivity contribution in [3.63, 3.8) is 0 Å². The Labute approximate surface area is 129 Å². The van der Waals surface area contributed by atoms with Gasteiger partial charge >= 0.3 is 6.09 Å². The number of carbonyl (C=O) groups is 1. The molecular formula is C14H18N4O2S. The summed E-state index contributed by atoms with van der Waals surface area (Å²) in [5.74, 6) is 0. The quantitative estimate of drug-likeness (QED) is 0.510. The van der Waals surface area contributed by atoms with Crippen LogP contribution in [-0.2, 0) is 4.74 Å². The van der Waals surface area contributed by atoms with Crippen molar-refractivity contribution in [3.05, 3.63) is 24.3 Å². The summed E-state index contributed by atoms with van der Waals surface area (Å²) in [7, 11) is 1.28. The van der Waals surface area contributed by atoms with Crippen molar-refractivity contribution < 1.29 is 9.53 Å². The van der Waals surface area contributed by atoms with Gasteiger partial charge in [-0.05, 0) is 37.2 Å². The highest BCUT2D eigenvalue weighted by Gasteiger charge is 2.09. The van der Waals surface area contributed by atoms with E-state index in [4.69, 9.17) is 12.2 Å². The molecule has 1 saturated heterocycles. The molecule has 0 saturated carbocycles. The highest BCUT2D eigenvalue weighted by atomic mass is 32.1. The summed E-state index contributed by atoms with van der Waals surface area (Å²) < 4.78 is 4.49. The van der Waals surface area contributed by atoms with Gasteiger partial charge in [-0.15, -0.1) is 0 Å². The number of para-hydroxylation sites is 2. The lowest BCUT2D eigenvalue weighted by atomic mass is 10.3. The van der Waals surface area contributed by atoms with Crippen LogP contribution in [0.5, 0.6) is 0 Å². The normalized spacial score (nSPS) is 14.2. The number of hydrogen-bond acceptors (Lipinski definition) is 4. The second-order valence-corrected chi connectivity index (χ2v) is 4.98. The van der Waals surface area contributed by atoms with E-state index < -0.39 is 6.09 Å². The Morgan fingerprint density at radius 2 is 2.10 bits per heavy atom. The number of methoxy groups -OCH3 is 1. The number of thiocarbonyl (C=S) groups is 1.